The summed E-state index contributed by atoms with van der Waals surface area (Å²) in [5.74, 6) is -0.693. The standard InChI is InChI=1S/C24H25F3N2O3/c1-22(2,3)24(30,16-12-28-14-29-13-16)19-9-6-15(10-21(19)31-5)18-8-7-17(11-20(18)25)32-23(4,26)27/h6-14,30H,1-5H3. The number of methoxy groups -OCH3 is 1. The average Bonchev–Trinajstić information content (AvgIpc) is 2.71. The molecule has 8 heteroatoms. The van der Waals surface area contributed by atoms with E-state index in [-0.39, 0.29) is 11.3 Å². The van der Waals surface area contributed by atoms with Crippen molar-refractivity contribution >= 4 is 0 Å². The third-order valence-corrected chi connectivity index (χ3v) is 5.20. The molecule has 0 radical (unpaired) electrons. The number of hydrogen-bond acceptors (Lipinski definition) is 5. The lowest BCUT2D eigenvalue weighted by Gasteiger charge is -2.41. The molecule has 170 valence electrons. The van der Waals surface area contributed by atoms with Crippen LogP contribution in [0.2, 0.25) is 0 Å². The highest BCUT2D eigenvalue weighted by Crippen LogP contribution is 2.48. The number of alkyl halides is 2. The summed E-state index contributed by atoms with van der Waals surface area (Å²) in [7, 11) is 1.45. The predicted octanol–water partition coefficient (Wildman–Crippen LogP) is 5.56. The zero-order chi connectivity index (χ0) is 23.7. The fourth-order valence-electron chi connectivity index (χ4n) is 3.64. The first kappa shape index (κ1) is 23.5. The highest BCUT2D eigenvalue weighted by molar-refractivity contribution is 5.68. The minimum absolute atomic E-state index is 0.170. The molecule has 0 amide bonds. The molecule has 0 saturated heterocycles. The van der Waals surface area contributed by atoms with E-state index in [1.165, 1.54) is 38.0 Å². The van der Waals surface area contributed by atoms with Crippen LogP contribution in [-0.4, -0.2) is 28.3 Å². The molecular weight excluding hydrogens is 421 g/mol. The third kappa shape index (κ3) is 4.55. The molecule has 0 spiro atoms. The summed E-state index contributed by atoms with van der Waals surface area (Å²) in [4.78, 5) is 8.06. The molecular formula is C24H25F3N2O3. The van der Waals surface area contributed by atoms with Crippen molar-refractivity contribution in [3.05, 3.63) is 72.1 Å². The molecule has 1 atom stereocenters. The van der Waals surface area contributed by atoms with Crippen molar-refractivity contribution in [2.24, 2.45) is 5.41 Å². The second-order valence-electron chi connectivity index (χ2n) is 8.55. The lowest BCUT2D eigenvalue weighted by molar-refractivity contribution is -0.159. The van der Waals surface area contributed by atoms with E-state index in [1.807, 2.05) is 20.8 Å². The second-order valence-corrected chi connectivity index (χ2v) is 8.55. The van der Waals surface area contributed by atoms with Crippen molar-refractivity contribution in [1.82, 2.24) is 9.97 Å². The smallest absolute Gasteiger partial charge is 0.394 e. The molecule has 1 heterocycles. The zero-order valence-corrected chi connectivity index (χ0v) is 18.5. The van der Waals surface area contributed by atoms with Crippen LogP contribution in [-0.2, 0) is 5.60 Å². The van der Waals surface area contributed by atoms with Crippen LogP contribution in [0.25, 0.3) is 11.1 Å². The zero-order valence-electron chi connectivity index (χ0n) is 18.5. The number of aliphatic hydroxyl groups is 1. The maximum absolute atomic E-state index is 14.7. The Morgan fingerprint density at radius 1 is 0.938 bits per heavy atom. The Morgan fingerprint density at radius 3 is 2.12 bits per heavy atom. The molecule has 2 aromatic carbocycles. The van der Waals surface area contributed by atoms with Crippen molar-refractivity contribution in [3.63, 3.8) is 0 Å². The van der Waals surface area contributed by atoms with Crippen molar-refractivity contribution in [3.8, 4) is 22.6 Å². The van der Waals surface area contributed by atoms with Gasteiger partial charge in [-0.05, 0) is 29.2 Å². The first-order chi connectivity index (χ1) is 14.9. The highest BCUT2D eigenvalue weighted by Gasteiger charge is 2.45. The first-order valence-corrected chi connectivity index (χ1v) is 9.90. The Morgan fingerprint density at radius 2 is 1.59 bits per heavy atom. The minimum atomic E-state index is -3.42. The van der Waals surface area contributed by atoms with Gasteiger partial charge in [-0.1, -0.05) is 32.9 Å². The van der Waals surface area contributed by atoms with Gasteiger partial charge in [0.2, 0.25) is 0 Å². The number of ether oxygens (including phenoxy) is 2. The summed E-state index contributed by atoms with van der Waals surface area (Å²) in [6.07, 6.45) is 1.02. The Labute approximate surface area is 184 Å². The lowest BCUT2D eigenvalue weighted by atomic mass is 9.68. The third-order valence-electron chi connectivity index (χ3n) is 5.20. The van der Waals surface area contributed by atoms with E-state index in [0.717, 1.165) is 6.07 Å². The molecule has 0 bridgehead atoms. The fourth-order valence-corrected chi connectivity index (χ4v) is 3.64. The van der Waals surface area contributed by atoms with Crippen LogP contribution < -0.4 is 9.47 Å². The molecule has 1 aromatic heterocycles. The van der Waals surface area contributed by atoms with E-state index in [2.05, 4.69) is 14.7 Å². The predicted molar refractivity (Wildman–Crippen MR) is 114 cm³/mol. The summed E-state index contributed by atoms with van der Waals surface area (Å²) in [6.45, 7) is 6.19. The maximum atomic E-state index is 14.7. The molecule has 0 aliphatic heterocycles. The number of halogens is 3. The van der Waals surface area contributed by atoms with Crippen molar-refractivity contribution < 1.29 is 27.8 Å². The number of aromatic nitrogens is 2. The summed E-state index contributed by atoms with van der Waals surface area (Å²) >= 11 is 0. The van der Waals surface area contributed by atoms with Gasteiger partial charge in [0.25, 0.3) is 0 Å². The molecule has 32 heavy (non-hydrogen) atoms. The van der Waals surface area contributed by atoms with Gasteiger partial charge in [0.05, 0.1) is 7.11 Å². The van der Waals surface area contributed by atoms with E-state index < -0.39 is 22.9 Å². The van der Waals surface area contributed by atoms with Gasteiger partial charge in [-0.3, -0.25) is 0 Å². The molecule has 1 N–H and O–H groups in total. The second kappa shape index (κ2) is 8.43. The Balaban J connectivity index is 2.10. The molecule has 5 nitrogen and oxygen atoms in total. The van der Waals surface area contributed by atoms with Gasteiger partial charge in [0.15, 0.2) is 0 Å². The van der Waals surface area contributed by atoms with Gasteiger partial charge in [-0.25, -0.2) is 14.4 Å². The van der Waals surface area contributed by atoms with Gasteiger partial charge < -0.3 is 14.6 Å². The summed E-state index contributed by atoms with van der Waals surface area (Å²) < 4.78 is 50.8. The summed E-state index contributed by atoms with van der Waals surface area (Å²) in [5.41, 5.74) is -0.644. The van der Waals surface area contributed by atoms with Gasteiger partial charge in [-0.2, -0.15) is 8.78 Å². The Kier molecular flexibility index (Phi) is 6.20. The normalized spacial score (nSPS) is 14.0. The number of hydrogen-bond donors (Lipinski definition) is 1. The molecule has 0 aliphatic rings. The van der Waals surface area contributed by atoms with Gasteiger partial charge >= 0.3 is 6.11 Å². The van der Waals surface area contributed by atoms with Crippen LogP contribution in [0.15, 0.2) is 55.1 Å². The van der Waals surface area contributed by atoms with E-state index in [4.69, 9.17) is 4.74 Å². The fraction of sp³-hybridized carbons (Fsp3) is 0.333. The SMILES string of the molecule is COc1cc(-c2ccc(OC(C)(F)F)cc2F)ccc1C(O)(c1cncnc1)C(C)(C)C. The number of benzene rings is 2. The van der Waals surface area contributed by atoms with Crippen LogP contribution in [0, 0.1) is 11.2 Å². The monoisotopic (exact) mass is 446 g/mol. The lowest BCUT2D eigenvalue weighted by Crippen LogP contribution is -2.41. The largest absolute Gasteiger partial charge is 0.496 e. The Bertz CT molecular complexity index is 1100. The molecule has 1 unspecified atom stereocenters. The van der Waals surface area contributed by atoms with Gasteiger partial charge in [0.1, 0.15) is 29.2 Å². The highest BCUT2D eigenvalue weighted by atomic mass is 19.3. The summed E-state index contributed by atoms with van der Waals surface area (Å²) in [5, 5.41) is 11.8. The van der Waals surface area contributed by atoms with Crippen LogP contribution in [0.5, 0.6) is 11.5 Å². The van der Waals surface area contributed by atoms with E-state index in [0.29, 0.717) is 29.4 Å². The van der Waals surface area contributed by atoms with Crippen molar-refractivity contribution in [1.29, 1.82) is 0 Å². The molecule has 3 aromatic rings. The molecule has 3 rings (SSSR count). The van der Waals surface area contributed by atoms with Crippen LogP contribution in [0.1, 0.15) is 38.8 Å². The van der Waals surface area contributed by atoms with E-state index in [1.54, 1.807) is 18.2 Å². The van der Waals surface area contributed by atoms with E-state index >= 15 is 0 Å². The molecule has 0 saturated carbocycles. The van der Waals surface area contributed by atoms with Gasteiger partial charge in [0, 0.05) is 42.1 Å². The first-order valence-electron chi connectivity index (χ1n) is 9.90. The number of nitrogens with zero attached hydrogens (tertiary/aromatic N) is 2. The minimum Gasteiger partial charge on any atom is -0.496 e. The van der Waals surface area contributed by atoms with Crippen molar-refractivity contribution in [2.75, 3.05) is 7.11 Å². The van der Waals surface area contributed by atoms with Crippen molar-refractivity contribution in [2.45, 2.75) is 39.4 Å². The van der Waals surface area contributed by atoms with Crippen LogP contribution in [0.4, 0.5) is 13.2 Å². The van der Waals surface area contributed by atoms with Gasteiger partial charge in [-0.15, -0.1) is 0 Å². The molecule has 0 aliphatic carbocycles. The average molecular weight is 446 g/mol. The topological polar surface area (TPSA) is 64.5 Å². The molecule has 0 fully saturated rings. The van der Waals surface area contributed by atoms with Crippen LogP contribution in [0.3, 0.4) is 0 Å². The van der Waals surface area contributed by atoms with Crippen LogP contribution >= 0.6 is 0 Å². The van der Waals surface area contributed by atoms with E-state index in [9.17, 15) is 18.3 Å². The Hall–Kier alpha value is -3.13. The maximum Gasteiger partial charge on any atom is 0.394 e. The quantitative estimate of drug-likeness (QED) is 0.537. The summed E-state index contributed by atoms with van der Waals surface area (Å²) in [6, 6.07) is 8.39. The number of rotatable bonds is 6.